The molecule has 0 spiro atoms. The molecule has 130 valence electrons. The Hall–Kier alpha value is -1.56. The molecule has 6 nitrogen and oxygen atoms in total. The van der Waals surface area contributed by atoms with Crippen LogP contribution >= 0.6 is 0 Å². The first-order valence-corrected chi connectivity index (χ1v) is 8.42. The van der Waals surface area contributed by atoms with Crippen molar-refractivity contribution in [3.05, 3.63) is 17.8 Å². The summed E-state index contributed by atoms with van der Waals surface area (Å²) in [5, 5.41) is 3.33. The minimum atomic E-state index is -0.0290. The van der Waals surface area contributed by atoms with Gasteiger partial charge in [-0.05, 0) is 13.3 Å². The van der Waals surface area contributed by atoms with Gasteiger partial charge in [0, 0.05) is 38.1 Å². The first-order valence-electron chi connectivity index (χ1n) is 8.42. The van der Waals surface area contributed by atoms with Gasteiger partial charge in [-0.15, -0.1) is 0 Å². The van der Waals surface area contributed by atoms with E-state index in [4.69, 9.17) is 9.15 Å². The van der Waals surface area contributed by atoms with Crippen molar-refractivity contribution in [1.29, 1.82) is 0 Å². The zero-order valence-corrected chi connectivity index (χ0v) is 15.1. The van der Waals surface area contributed by atoms with Crippen LogP contribution in [0.2, 0.25) is 0 Å². The second kappa shape index (κ2) is 7.81. The third-order valence-corrected chi connectivity index (χ3v) is 3.91. The van der Waals surface area contributed by atoms with E-state index in [0.717, 1.165) is 44.4 Å². The Kier molecular flexibility index (Phi) is 6.04. The molecule has 1 saturated heterocycles. The summed E-state index contributed by atoms with van der Waals surface area (Å²) in [5.41, 5.74) is -0.0290. The summed E-state index contributed by atoms with van der Waals surface area (Å²) in [6.45, 7) is 12.4. The fourth-order valence-electron chi connectivity index (χ4n) is 2.54. The number of nitrogens with one attached hydrogen (secondary N) is 1. The summed E-state index contributed by atoms with van der Waals surface area (Å²) < 4.78 is 11.3. The average Bonchev–Trinajstić information content (AvgIpc) is 3.13. The van der Waals surface area contributed by atoms with Crippen LogP contribution in [0.3, 0.4) is 0 Å². The molecule has 1 aromatic heterocycles. The van der Waals surface area contributed by atoms with E-state index in [2.05, 4.69) is 54.9 Å². The topological polar surface area (TPSA) is 62.9 Å². The zero-order valence-electron chi connectivity index (χ0n) is 15.1. The molecule has 0 amide bonds. The van der Waals surface area contributed by atoms with Gasteiger partial charge < -0.3 is 19.4 Å². The molecule has 0 saturated carbocycles. The highest BCUT2D eigenvalue weighted by Crippen LogP contribution is 2.22. The predicted molar refractivity (Wildman–Crippen MR) is 91.6 cm³/mol. The van der Waals surface area contributed by atoms with Crippen LogP contribution in [0.1, 0.15) is 45.8 Å². The lowest BCUT2D eigenvalue weighted by Gasteiger charge is -2.24. The number of hydrogen-bond acceptors (Lipinski definition) is 4. The number of aliphatic imine (C=N–C) groups is 1. The first kappa shape index (κ1) is 17.8. The number of aromatic nitrogens is 1. The SMILES string of the molecule is CCNC(=NCc1ncc(C(C)(C)C)o1)N(C)CC1CCOC1. The van der Waals surface area contributed by atoms with Crippen LogP contribution in [0, 0.1) is 5.92 Å². The Labute approximate surface area is 139 Å². The molecule has 0 bridgehead atoms. The Morgan fingerprint density at radius 2 is 2.26 bits per heavy atom. The van der Waals surface area contributed by atoms with Crippen molar-refractivity contribution < 1.29 is 9.15 Å². The third kappa shape index (κ3) is 5.23. The smallest absolute Gasteiger partial charge is 0.216 e. The summed E-state index contributed by atoms with van der Waals surface area (Å²) >= 11 is 0. The average molecular weight is 322 g/mol. The molecule has 1 fully saturated rings. The highest BCUT2D eigenvalue weighted by atomic mass is 16.5. The van der Waals surface area contributed by atoms with Crippen molar-refractivity contribution in [2.75, 3.05) is 33.4 Å². The van der Waals surface area contributed by atoms with Gasteiger partial charge in [0.1, 0.15) is 12.3 Å². The number of guanidine groups is 1. The van der Waals surface area contributed by atoms with E-state index in [1.165, 1.54) is 0 Å². The molecule has 1 aliphatic rings. The van der Waals surface area contributed by atoms with Crippen molar-refractivity contribution in [2.24, 2.45) is 10.9 Å². The van der Waals surface area contributed by atoms with Crippen LogP contribution in [-0.4, -0.2) is 49.2 Å². The third-order valence-electron chi connectivity index (χ3n) is 3.91. The number of rotatable bonds is 5. The standard InChI is InChI=1S/C17H30N4O2/c1-6-18-16(21(5)11-13-7-8-22-12-13)20-10-15-19-9-14(23-15)17(2,3)4/h9,13H,6-8,10-12H2,1-5H3,(H,18,20). The van der Waals surface area contributed by atoms with Gasteiger partial charge in [-0.1, -0.05) is 20.8 Å². The maximum absolute atomic E-state index is 5.81. The summed E-state index contributed by atoms with van der Waals surface area (Å²) in [6, 6.07) is 0. The van der Waals surface area contributed by atoms with Crippen LogP contribution in [0.4, 0.5) is 0 Å². The van der Waals surface area contributed by atoms with E-state index < -0.39 is 0 Å². The van der Waals surface area contributed by atoms with E-state index in [1.54, 1.807) is 6.20 Å². The van der Waals surface area contributed by atoms with E-state index in [1.807, 2.05) is 0 Å². The molecule has 1 aliphatic heterocycles. The molecule has 6 heteroatoms. The summed E-state index contributed by atoms with van der Waals surface area (Å²) in [5.74, 6) is 3.01. The number of nitrogens with zero attached hydrogens (tertiary/aromatic N) is 3. The van der Waals surface area contributed by atoms with Crippen LogP contribution in [0.25, 0.3) is 0 Å². The predicted octanol–water partition coefficient (Wildman–Crippen LogP) is 2.41. The molecule has 1 unspecified atom stereocenters. The first-order chi connectivity index (χ1) is 10.9. The Morgan fingerprint density at radius 3 is 2.83 bits per heavy atom. The summed E-state index contributed by atoms with van der Waals surface area (Å²) in [7, 11) is 2.07. The van der Waals surface area contributed by atoms with Gasteiger partial charge in [0.15, 0.2) is 5.96 Å². The quantitative estimate of drug-likeness (QED) is 0.666. The monoisotopic (exact) mass is 322 g/mol. The molecule has 1 aromatic rings. The van der Waals surface area contributed by atoms with Crippen molar-refractivity contribution in [1.82, 2.24) is 15.2 Å². The van der Waals surface area contributed by atoms with Crippen LogP contribution in [0.5, 0.6) is 0 Å². The van der Waals surface area contributed by atoms with E-state index >= 15 is 0 Å². The molecule has 2 rings (SSSR count). The Morgan fingerprint density at radius 1 is 1.48 bits per heavy atom. The van der Waals surface area contributed by atoms with Crippen molar-refractivity contribution in [3.8, 4) is 0 Å². The normalized spacial score (nSPS) is 19.2. The van der Waals surface area contributed by atoms with Gasteiger partial charge in [-0.2, -0.15) is 0 Å². The fourth-order valence-corrected chi connectivity index (χ4v) is 2.54. The maximum Gasteiger partial charge on any atom is 0.216 e. The molecule has 23 heavy (non-hydrogen) atoms. The van der Waals surface area contributed by atoms with E-state index in [9.17, 15) is 0 Å². The second-order valence-corrected chi connectivity index (χ2v) is 7.15. The number of ether oxygens (including phenoxy) is 1. The minimum Gasteiger partial charge on any atom is -0.443 e. The molecule has 0 radical (unpaired) electrons. The Balaban J connectivity index is 1.98. The summed E-state index contributed by atoms with van der Waals surface area (Å²) in [6.07, 6.45) is 2.93. The van der Waals surface area contributed by atoms with Crippen molar-refractivity contribution in [2.45, 2.75) is 46.1 Å². The fraction of sp³-hybridized carbons (Fsp3) is 0.765. The lowest BCUT2D eigenvalue weighted by Crippen LogP contribution is -2.41. The van der Waals surface area contributed by atoms with Gasteiger partial charge in [-0.3, -0.25) is 0 Å². The number of oxazole rings is 1. The van der Waals surface area contributed by atoms with Gasteiger partial charge in [0.2, 0.25) is 5.89 Å². The van der Waals surface area contributed by atoms with Gasteiger partial charge >= 0.3 is 0 Å². The van der Waals surface area contributed by atoms with Crippen LogP contribution < -0.4 is 5.32 Å². The maximum atomic E-state index is 5.81. The minimum absolute atomic E-state index is 0.0290. The van der Waals surface area contributed by atoms with E-state index in [0.29, 0.717) is 18.4 Å². The Bertz CT molecular complexity index is 513. The largest absolute Gasteiger partial charge is 0.443 e. The molecular formula is C17H30N4O2. The molecule has 0 aliphatic carbocycles. The van der Waals surface area contributed by atoms with Crippen molar-refractivity contribution in [3.63, 3.8) is 0 Å². The van der Waals surface area contributed by atoms with Crippen molar-refractivity contribution >= 4 is 5.96 Å². The molecule has 2 heterocycles. The lowest BCUT2D eigenvalue weighted by atomic mass is 9.94. The van der Waals surface area contributed by atoms with E-state index in [-0.39, 0.29) is 5.41 Å². The van der Waals surface area contributed by atoms with Gasteiger partial charge in [0.05, 0.1) is 12.8 Å². The highest BCUT2D eigenvalue weighted by Gasteiger charge is 2.20. The highest BCUT2D eigenvalue weighted by molar-refractivity contribution is 5.79. The van der Waals surface area contributed by atoms with Crippen LogP contribution in [0.15, 0.2) is 15.6 Å². The molecular weight excluding hydrogens is 292 g/mol. The summed E-state index contributed by atoms with van der Waals surface area (Å²) in [4.78, 5) is 11.2. The number of hydrogen-bond donors (Lipinski definition) is 1. The lowest BCUT2D eigenvalue weighted by molar-refractivity contribution is 0.181. The molecule has 1 N–H and O–H groups in total. The molecule has 1 atom stereocenters. The second-order valence-electron chi connectivity index (χ2n) is 7.15. The zero-order chi connectivity index (χ0) is 16.9. The van der Waals surface area contributed by atoms with Gasteiger partial charge in [-0.25, -0.2) is 9.98 Å². The van der Waals surface area contributed by atoms with Crippen LogP contribution in [-0.2, 0) is 16.7 Å². The molecule has 0 aromatic carbocycles. The van der Waals surface area contributed by atoms with Gasteiger partial charge in [0.25, 0.3) is 0 Å².